The SMILES string of the molecule is CC(C)(C(=O)N1CCc2ncccc2C1)N1CCNCC1. The second kappa shape index (κ2) is 5.73. The van der Waals surface area contributed by atoms with Gasteiger partial charge >= 0.3 is 0 Å². The third-order valence-corrected chi connectivity index (χ3v) is 4.68. The number of hydrogen-bond acceptors (Lipinski definition) is 4. The smallest absolute Gasteiger partial charge is 0.242 e. The van der Waals surface area contributed by atoms with E-state index < -0.39 is 5.54 Å². The van der Waals surface area contributed by atoms with Crippen molar-refractivity contribution in [1.82, 2.24) is 20.1 Å². The molecular formula is C16H24N4O. The molecule has 3 heterocycles. The number of nitrogens with zero attached hydrogens (tertiary/aromatic N) is 3. The maximum Gasteiger partial charge on any atom is 0.242 e. The van der Waals surface area contributed by atoms with Gasteiger partial charge in [-0.25, -0.2) is 0 Å². The molecule has 0 aromatic carbocycles. The van der Waals surface area contributed by atoms with Gasteiger partial charge in [0.15, 0.2) is 0 Å². The Balaban J connectivity index is 1.73. The third kappa shape index (κ3) is 2.80. The molecule has 1 saturated heterocycles. The molecule has 3 rings (SSSR count). The maximum absolute atomic E-state index is 13.0. The van der Waals surface area contributed by atoms with Crippen LogP contribution in [0.15, 0.2) is 18.3 Å². The van der Waals surface area contributed by atoms with Crippen molar-refractivity contribution in [2.75, 3.05) is 32.7 Å². The summed E-state index contributed by atoms with van der Waals surface area (Å²) in [5, 5.41) is 3.34. The van der Waals surface area contributed by atoms with Crippen LogP contribution in [0.1, 0.15) is 25.1 Å². The molecule has 1 fully saturated rings. The zero-order valence-electron chi connectivity index (χ0n) is 12.9. The van der Waals surface area contributed by atoms with E-state index in [1.54, 1.807) is 0 Å². The number of carbonyl (C=O) groups excluding carboxylic acids is 1. The number of pyridine rings is 1. The van der Waals surface area contributed by atoms with Crippen LogP contribution in [-0.4, -0.2) is 59.0 Å². The first-order valence-corrected chi connectivity index (χ1v) is 7.77. The van der Waals surface area contributed by atoms with Gasteiger partial charge in [-0.05, 0) is 25.5 Å². The van der Waals surface area contributed by atoms with Crippen LogP contribution in [0.4, 0.5) is 0 Å². The summed E-state index contributed by atoms with van der Waals surface area (Å²) in [4.78, 5) is 21.7. The largest absolute Gasteiger partial charge is 0.336 e. The van der Waals surface area contributed by atoms with Crippen LogP contribution in [0.25, 0.3) is 0 Å². The third-order valence-electron chi connectivity index (χ3n) is 4.68. The second-order valence-corrected chi connectivity index (χ2v) is 6.38. The van der Waals surface area contributed by atoms with Gasteiger partial charge in [-0.1, -0.05) is 6.07 Å². The van der Waals surface area contributed by atoms with E-state index in [0.717, 1.165) is 44.8 Å². The maximum atomic E-state index is 13.0. The van der Waals surface area contributed by atoms with Crippen molar-refractivity contribution < 1.29 is 4.79 Å². The molecule has 0 saturated carbocycles. The Morgan fingerprint density at radius 3 is 2.81 bits per heavy atom. The highest BCUT2D eigenvalue weighted by atomic mass is 16.2. The summed E-state index contributed by atoms with van der Waals surface area (Å²) < 4.78 is 0. The summed E-state index contributed by atoms with van der Waals surface area (Å²) in [6, 6.07) is 4.04. The number of amides is 1. The van der Waals surface area contributed by atoms with Gasteiger partial charge in [0.05, 0.1) is 5.54 Å². The molecule has 1 aromatic rings. The Labute approximate surface area is 126 Å². The Bertz CT molecular complexity index is 523. The minimum Gasteiger partial charge on any atom is -0.336 e. The Morgan fingerprint density at radius 2 is 2.05 bits per heavy atom. The topological polar surface area (TPSA) is 48.5 Å². The van der Waals surface area contributed by atoms with E-state index in [9.17, 15) is 4.79 Å². The number of carbonyl (C=O) groups is 1. The average Bonchev–Trinajstić information content (AvgIpc) is 2.54. The highest BCUT2D eigenvalue weighted by molar-refractivity contribution is 5.85. The fourth-order valence-corrected chi connectivity index (χ4v) is 3.29. The molecular weight excluding hydrogens is 264 g/mol. The predicted octanol–water partition coefficient (Wildman–Crippen LogP) is 0.650. The molecule has 5 heteroatoms. The Kier molecular flexibility index (Phi) is 3.95. The number of rotatable bonds is 2. The molecule has 0 atom stereocenters. The number of fused-ring (bicyclic) bond motifs is 1. The van der Waals surface area contributed by atoms with Crippen molar-refractivity contribution in [3.63, 3.8) is 0 Å². The molecule has 114 valence electrons. The van der Waals surface area contributed by atoms with Crippen LogP contribution in [-0.2, 0) is 17.8 Å². The van der Waals surface area contributed by atoms with Gasteiger partial charge < -0.3 is 10.2 Å². The minimum atomic E-state index is -0.429. The van der Waals surface area contributed by atoms with Gasteiger partial charge in [0.1, 0.15) is 0 Å². The lowest BCUT2D eigenvalue weighted by molar-refractivity contribution is -0.144. The lowest BCUT2D eigenvalue weighted by atomic mass is 9.97. The van der Waals surface area contributed by atoms with Crippen molar-refractivity contribution >= 4 is 5.91 Å². The standard InChI is InChI=1S/C16H24N4O/c1-16(2,20-10-7-17-8-11-20)15(21)19-9-5-14-13(12-19)4-3-6-18-14/h3-4,6,17H,5,7-12H2,1-2H3. The predicted molar refractivity (Wildman–Crippen MR) is 81.9 cm³/mol. The molecule has 0 bridgehead atoms. The highest BCUT2D eigenvalue weighted by Crippen LogP contribution is 2.23. The lowest BCUT2D eigenvalue weighted by Crippen LogP contribution is -2.61. The van der Waals surface area contributed by atoms with E-state index in [1.807, 2.05) is 17.2 Å². The van der Waals surface area contributed by atoms with E-state index >= 15 is 0 Å². The van der Waals surface area contributed by atoms with Gasteiger partial charge in [-0.15, -0.1) is 0 Å². The summed E-state index contributed by atoms with van der Waals surface area (Å²) >= 11 is 0. The molecule has 0 aliphatic carbocycles. The van der Waals surface area contributed by atoms with E-state index in [4.69, 9.17) is 0 Å². The van der Waals surface area contributed by atoms with E-state index in [1.165, 1.54) is 5.56 Å². The first-order valence-electron chi connectivity index (χ1n) is 7.77. The lowest BCUT2D eigenvalue weighted by Gasteiger charge is -2.43. The summed E-state index contributed by atoms with van der Waals surface area (Å²) in [6.45, 7) is 9.37. The minimum absolute atomic E-state index is 0.235. The molecule has 2 aliphatic rings. The fraction of sp³-hybridized carbons (Fsp3) is 0.625. The Hall–Kier alpha value is -1.46. The monoisotopic (exact) mass is 288 g/mol. The average molecular weight is 288 g/mol. The zero-order valence-corrected chi connectivity index (χ0v) is 12.9. The van der Waals surface area contributed by atoms with Crippen LogP contribution in [0.3, 0.4) is 0 Å². The summed E-state index contributed by atoms with van der Waals surface area (Å²) in [5.74, 6) is 0.235. The molecule has 5 nitrogen and oxygen atoms in total. The van der Waals surface area contributed by atoms with E-state index in [0.29, 0.717) is 6.54 Å². The second-order valence-electron chi connectivity index (χ2n) is 6.38. The van der Waals surface area contributed by atoms with E-state index in [2.05, 4.69) is 35.1 Å². The molecule has 2 aliphatic heterocycles. The molecule has 0 unspecified atom stereocenters. The van der Waals surface area contributed by atoms with Gasteiger partial charge in [-0.2, -0.15) is 0 Å². The molecule has 1 N–H and O–H groups in total. The van der Waals surface area contributed by atoms with Crippen LogP contribution in [0, 0.1) is 0 Å². The number of nitrogens with one attached hydrogen (secondary N) is 1. The van der Waals surface area contributed by atoms with Crippen molar-refractivity contribution in [3.8, 4) is 0 Å². The van der Waals surface area contributed by atoms with Crippen LogP contribution in [0.2, 0.25) is 0 Å². The quantitative estimate of drug-likeness (QED) is 0.868. The number of piperazine rings is 1. The van der Waals surface area contributed by atoms with Crippen molar-refractivity contribution in [2.24, 2.45) is 0 Å². The normalized spacial score (nSPS) is 20.2. The van der Waals surface area contributed by atoms with Crippen LogP contribution < -0.4 is 5.32 Å². The van der Waals surface area contributed by atoms with E-state index in [-0.39, 0.29) is 5.91 Å². The zero-order chi connectivity index (χ0) is 14.9. The summed E-state index contributed by atoms with van der Waals surface area (Å²) in [7, 11) is 0. The van der Waals surface area contributed by atoms with Gasteiger partial charge in [0.2, 0.25) is 5.91 Å². The molecule has 21 heavy (non-hydrogen) atoms. The molecule has 0 spiro atoms. The Morgan fingerprint density at radius 1 is 1.29 bits per heavy atom. The van der Waals surface area contributed by atoms with Crippen molar-refractivity contribution in [2.45, 2.75) is 32.4 Å². The van der Waals surface area contributed by atoms with Crippen LogP contribution in [0.5, 0.6) is 0 Å². The number of aromatic nitrogens is 1. The van der Waals surface area contributed by atoms with Gasteiger partial charge in [0.25, 0.3) is 0 Å². The van der Waals surface area contributed by atoms with Gasteiger partial charge in [-0.3, -0.25) is 14.7 Å². The summed E-state index contributed by atoms with van der Waals surface area (Å²) in [5.41, 5.74) is 1.90. The van der Waals surface area contributed by atoms with Gasteiger partial charge in [0, 0.05) is 57.6 Å². The first-order chi connectivity index (χ1) is 10.1. The molecule has 1 amide bonds. The molecule has 1 aromatic heterocycles. The number of hydrogen-bond donors (Lipinski definition) is 1. The van der Waals surface area contributed by atoms with Crippen molar-refractivity contribution in [3.05, 3.63) is 29.6 Å². The fourth-order valence-electron chi connectivity index (χ4n) is 3.29. The molecule has 0 radical (unpaired) electrons. The highest BCUT2D eigenvalue weighted by Gasteiger charge is 2.38. The summed E-state index contributed by atoms with van der Waals surface area (Å²) in [6.07, 6.45) is 2.69. The van der Waals surface area contributed by atoms with Crippen LogP contribution >= 0.6 is 0 Å². The van der Waals surface area contributed by atoms with Crippen molar-refractivity contribution in [1.29, 1.82) is 0 Å². The first kappa shape index (κ1) is 14.5.